The third-order valence-electron chi connectivity index (χ3n) is 8.14. The Kier molecular flexibility index (Phi) is 7.17. The van der Waals surface area contributed by atoms with Crippen LogP contribution in [0.3, 0.4) is 0 Å². The Labute approximate surface area is 252 Å². The number of alkyl halides is 5. The molecule has 45 heavy (non-hydrogen) atoms. The lowest BCUT2D eigenvalue weighted by atomic mass is 9.53. The van der Waals surface area contributed by atoms with Crippen molar-refractivity contribution in [1.29, 1.82) is 0 Å². The Morgan fingerprint density at radius 2 is 1.82 bits per heavy atom. The van der Waals surface area contributed by atoms with Gasteiger partial charge in [-0.1, -0.05) is 0 Å². The van der Waals surface area contributed by atoms with Crippen LogP contribution in [0.5, 0.6) is 11.6 Å². The molecule has 240 valence electrons. The molecule has 2 aliphatic rings. The molecule has 2 aliphatic carbocycles. The Hall–Kier alpha value is -4.47. The maximum atomic E-state index is 13.8. The number of nitrogens with two attached hydrogens (primary N) is 1. The topological polar surface area (TPSA) is 146 Å². The second kappa shape index (κ2) is 10.6. The lowest BCUT2D eigenvalue weighted by Crippen LogP contribution is -2.58. The van der Waals surface area contributed by atoms with E-state index in [-0.39, 0.29) is 63.5 Å². The second-order valence-electron chi connectivity index (χ2n) is 12.4. The highest BCUT2D eigenvalue weighted by Crippen LogP contribution is 2.57. The minimum Gasteiger partial charge on any atom is -0.491 e. The van der Waals surface area contributed by atoms with Crippen molar-refractivity contribution in [3.63, 3.8) is 0 Å². The van der Waals surface area contributed by atoms with Crippen molar-refractivity contribution in [2.45, 2.75) is 70.0 Å². The molecule has 0 atom stereocenters. The molecule has 1 spiro atoms. The van der Waals surface area contributed by atoms with Gasteiger partial charge in [0.15, 0.2) is 5.69 Å². The SMILES string of the molecule is CC(C)(O)COc1ccc2c(C(=O)N[C@H]3CC4(C3)C[C@H](Oc3nn5cc(C(F)(F)F)ccc5c3C(N)=O)C4)nn(C(F)F)c2c1. The Morgan fingerprint density at radius 1 is 1.11 bits per heavy atom. The van der Waals surface area contributed by atoms with Crippen LogP contribution in [0.1, 0.15) is 72.5 Å². The maximum Gasteiger partial charge on any atom is 0.417 e. The molecule has 2 amide bonds. The molecular weight excluding hydrogens is 607 g/mol. The van der Waals surface area contributed by atoms with Gasteiger partial charge in [-0.2, -0.15) is 27.1 Å². The van der Waals surface area contributed by atoms with Gasteiger partial charge < -0.3 is 25.6 Å². The number of nitrogens with one attached hydrogen (secondary N) is 1. The Morgan fingerprint density at radius 3 is 2.44 bits per heavy atom. The molecule has 11 nitrogen and oxygen atoms in total. The Balaban J connectivity index is 1.09. The fourth-order valence-corrected chi connectivity index (χ4v) is 6.11. The van der Waals surface area contributed by atoms with Crippen molar-refractivity contribution in [3.8, 4) is 11.6 Å². The normalized spacial score (nSPS) is 21.6. The first-order valence-electron chi connectivity index (χ1n) is 14.0. The number of amides is 2. The number of carbonyl (C=O) groups excluding carboxylic acids is 2. The first-order chi connectivity index (χ1) is 21.0. The molecule has 2 fully saturated rings. The zero-order valence-electron chi connectivity index (χ0n) is 24.1. The molecule has 0 radical (unpaired) electrons. The van der Waals surface area contributed by atoms with Crippen molar-refractivity contribution in [2.24, 2.45) is 11.1 Å². The number of rotatable bonds is 9. The number of nitrogens with zero attached hydrogens (tertiary/aromatic N) is 4. The molecule has 0 saturated heterocycles. The summed E-state index contributed by atoms with van der Waals surface area (Å²) in [6.07, 6.45) is -1.94. The van der Waals surface area contributed by atoms with Gasteiger partial charge in [0.1, 0.15) is 24.0 Å². The third kappa shape index (κ3) is 5.85. The molecule has 4 N–H and O–H groups in total. The number of ether oxygens (including phenoxy) is 2. The van der Waals surface area contributed by atoms with Gasteiger partial charge in [-0.05, 0) is 69.2 Å². The lowest BCUT2D eigenvalue weighted by molar-refractivity contribution is -0.137. The largest absolute Gasteiger partial charge is 0.491 e. The number of halogens is 5. The molecule has 2 saturated carbocycles. The van der Waals surface area contributed by atoms with E-state index >= 15 is 0 Å². The first kappa shape index (κ1) is 30.6. The van der Waals surface area contributed by atoms with Crippen molar-refractivity contribution in [3.05, 3.63) is 53.3 Å². The fourth-order valence-electron chi connectivity index (χ4n) is 6.11. The molecule has 1 aromatic carbocycles. The summed E-state index contributed by atoms with van der Waals surface area (Å²) < 4.78 is 79.7. The van der Waals surface area contributed by atoms with E-state index in [1.165, 1.54) is 18.2 Å². The summed E-state index contributed by atoms with van der Waals surface area (Å²) in [5.41, 5.74) is 3.06. The van der Waals surface area contributed by atoms with Crippen LogP contribution in [0.4, 0.5) is 22.0 Å². The highest BCUT2D eigenvalue weighted by molar-refractivity contribution is 6.05. The summed E-state index contributed by atoms with van der Waals surface area (Å²) in [6.45, 7) is 0.00167. The smallest absolute Gasteiger partial charge is 0.417 e. The van der Waals surface area contributed by atoms with E-state index in [9.17, 15) is 36.6 Å². The zero-order chi connectivity index (χ0) is 32.5. The van der Waals surface area contributed by atoms with Crippen LogP contribution >= 0.6 is 0 Å². The number of pyridine rings is 1. The van der Waals surface area contributed by atoms with E-state index in [0.29, 0.717) is 30.4 Å². The van der Waals surface area contributed by atoms with Crippen molar-refractivity contribution in [1.82, 2.24) is 24.7 Å². The van der Waals surface area contributed by atoms with Crippen LogP contribution in [0.2, 0.25) is 0 Å². The molecule has 3 heterocycles. The number of carbonyl (C=O) groups is 2. The van der Waals surface area contributed by atoms with E-state index in [0.717, 1.165) is 22.8 Å². The van der Waals surface area contributed by atoms with Crippen LogP contribution in [0, 0.1) is 5.41 Å². The van der Waals surface area contributed by atoms with Crippen LogP contribution in [0.15, 0.2) is 36.5 Å². The predicted molar refractivity (Wildman–Crippen MR) is 148 cm³/mol. The minimum atomic E-state index is -4.60. The number of primary amides is 1. The fraction of sp³-hybridized carbons (Fsp3) is 0.448. The molecule has 16 heteroatoms. The summed E-state index contributed by atoms with van der Waals surface area (Å²) in [4.78, 5) is 25.2. The second-order valence-corrected chi connectivity index (χ2v) is 12.4. The highest BCUT2D eigenvalue weighted by atomic mass is 19.4. The molecular formula is C29H29F5N6O5. The Bertz CT molecular complexity index is 1800. The standard InChI is InChI=1S/C29H29F5N6O5/c1-27(2,43)13-44-16-4-5-18-20(7-16)40(26(30)31)37-22(18)24(42)36-15-8-28(9-15)10-17(11-28)45-25-21(23(35)41)19-6-3-14(29(32,33)34)12-39(19)38-25/h3-7,12,15,17,26,43H,8-11,13H2,1-2H3,(H2,35,41)(H,36,42)/t15-,17-,28?. The van der Waals surface area contributed by atoms with Crippen LogP contribution in [0.25, 0.3) is 16.4 Å². The van der Waals surface area contributed by atoms with E-state index < -0.39 is 35.7 Å². The van der Waals surface area contributed by atoms with Gasteiger partial charge in [0, 0.05) is 23.7 Å². The molecule has 0 aliphatic heterocycles. The van der Waals surface area contributed by atoms with Gasteiger partial charge in [-0.3, -0.25) is 9.59 Å². The summed E-state index contributed by atoms with van der Waals surface area (Å²) in [5.74, 6) is -1.41. The van der Waals surface area contributed by atoms with Crippen molar-refractivity contribution < 1.29 is 46.1 Å². The molecule has 0 unspecified atom stereocenters. The summed E-state index contributed by atoms with van der Waals surface area (Å²) in [5, 5.41) is 20.8. The number of aliphatic hydroxyl groups is 1. The number of hydrogen-bond acceptors (Lipinski definition) is 7. The van der Waals surface area contributed by atoms with Crippen LogP contribution < -0.4 is 20.5 Å². The number of aromatic nitrogens is 4. The monoisotopic (exact) mass is 636 g/mol. The van der Waals surface area contributed by atoms with Gasteiger partial charge in [-0.25, -0.2) is 9.20 Å². The molecule has 3 aromatic heterocycles. The number of hydrogen-bond donors (Lipinski definition) is 3. The predicted octanol–water partition coefficient (Wildman–Crippen LogP) is 4.47. The third-order valence-corrected chi connectivity index (χ3v) is 8.14. The zero-order valence-corrected chi connectivity index (χ0v) is 24.1. The van der Waals surface area contributed by atoms with E-state index in [4.69, 9.17) is 15.2 Å². The van der Waals surface area contributed by atoms with E-state index in [1.807, 2.05) is 0 Å². The molecule has 0 bridgehead atoms. The van der Waals surface area contributed by atoms with Gasteiger partial charge in [0.25, 0.3) is 11.8 Å². The summed E-state index contributed by atoms with van der Waals surface area (Å²) in [6, 6.07) is 6.03. The number of fused-ring (bicyclic) bond motifs is 2. The quantitative estimate of drug-likeness (QED) is 0.230. The summed E-state index contributed by atoms with van der Waals surface area (Å²) in [7, 11) is 0. The molecule has 6 rings (SSSR count). The maximum absolute atomic E-state index is 13.8. The van der Waals surface area contributed by atoms with E-state index in [2.05, 4.69) is 15.5 Å². The molecule has 4 aromatic rings. The van der Waals surface area contributed by atoms with Gasteiger partial charge in [0.05, 0.1) is 22.2 Å². The van der Waals surface area contributed by atoms with Crippen molar-refractivity contribution >= 4 is 28.2 Å². The average molecular weight is 637 g/mol. The lowest BCUT2D eigenvalue weighted by Gasteiger charge is -2.57. The average Bonchev–Trinajstić information content (AvgIpc) is 3.46. The first-order valence-corrected chi connectivity index (χ1v) is 14.0. The highest BCUT2D eigenvalue weighted by Gasteiger charge is 2.54. The van der Waals surface area contributed by atoms with Gasteiger partial charge in [0.2, 0.25) is 5.88 Å². The van der Waals surface area contributed by atoms with Crippen LogP contribution in [-0.2, 0) is 6.18 Å². The van der Waals surface area contributed by atoms with Gasteiger partial charge in [-0.15, -0.1) is 5.10 Å². The number of benzene rings is 1. The summed E-state index contributed by atoms with van der Waals surface area (Å²) >= 11 is 0. The van der Waals surface area contributed by atoms with Gasteiger partial charge >= 0.3 is 12.7 Å². The minimum absolute atomic E-state index is 0.00404. The van der Waals surface area contributed by atoms with Crippen molar-refractivity contribution in [2.75, 3.05) is 6.61 Å². The van der Waals surface area contributed by atoms with E-state index in [1.54, 1.807) is 13.8 Å². The van der Waals surface area contributed by atoms with Crippen LogP contribution in [-0.4, -0.2) is 60.7 Å².